The number of hydrogen-bond acceptors (Lipinski definition) is 8. The molecule has 4 rings (SSSR count). The number of carbonyl (C=O) groups is 2. The van der Waals surface area contributed by atoms with E-state index in [-0.39, 0.29) is 23.6 Å². The fraction of sp³-hybridized carbons (Fsp3) is 0.0500. The van der Waals surface area contributed by atoms with Crippen LogP contribution in [0, 0.1) is 0 Å². The van der Waals surface area contributed by atoms with Crippen molar-refractivity contribution in [1.82, 2.24) is 19.4 Å². The zero-order chi connectivity index (χ0) is 22.8. The lowest BCUT2D eigenvalue weighted by molar-refractivity contribution is 0.0989. The van der Waals surface area contributed by atoms with Crippen molar-refractivity contribution in [2.24, 2.45) is 11.5 Å². The SMILES string of the molecule is NC(=O)c1cc(NCc2cccc(B(O)O)c2)nc(-c2ncc3c(C(N)=O)cccn23)n1. The minimum absolute atomic E-state index is 0.0279. The smallest absolute Gasteiger partial charge is 0.423 e. The second-order valence-corrected chi connectivity index (χ2v) is 6.92. The van der Waals surface area contributed by atoms with E-state index < -0.39 is 18.9 Å². The summed E-state index contributed by atoms with van der Waals surface area (Å²) in [5.41, 5.74) is 12.7. The molecule has 0 aliphatic heterocycles. The first-order chi connectivity index (χ1) is 15.3. The van der Waals surface area contributed by atoms with Crippen molar-refractivity contribution < 1.29 is 19.6 Å². The molecule has 0 radical (unpaired) electrons. The van der Waals surface area contributed by atoms with Gasteiger partial charge in [-0.2, -0.15) is 0 Å². The number of nitrogens with one attached hydrogen (secondary N) is 1. The van der Waals surface area contributed by atoms with Gasteiger partial charge in [-0.3, -0.25) is 14.0 Å². The maximum atomic E-state index is 11.8. The molecule has 1 aromatic carbocycles. The molecular formula is C20H18BN7O4. The highest BCUT2D eigenvalue weighted by molar-refractivity contribution is 6.58. The van der Waals surface area contributed by atoms with E-state index >= 15 is 0 Å². The van der Waals surface area contributed by atoms with Crippen LogP contribution in [0.15, 0.2) is 54.9 Å². The van der Waals surface area contributed by atoms with Crippen LogP contribution in [0.1, 0.15) is 26.4 Å². The van der Waals surface area contributed by atoms with Crippen molar-refractivity contribution in [3.8, 4) is 11.6 Å². The number of anilines is 1. The molecule has 3 aromatic heterocycles. The maximum Gasteiger partial charge on any atom is 0.488 e. The van der Waals surface area contributed by atoms with Crippen LogP contribution in [-0.2, 0) is 6.54 Å². The summed E-state index contributed by atoms with van der Waals surface area (Å²) < 4.78 is 1.59. The van der Waals surface area contributed by atoms with E-state index in [1.807, 2.05) is 0 Å². The van der Waals surface area contributed by atoms with Crippen molar-refractivity contribution in [3.05, 3.63) is 71.7 Å². The van der Waals surface area contributed by atoms with E-state index in [0.717, 1.165) is 5.56 Å². The van der Waals surface area contributed by atoms with Gasteiger partial charge in [0.15, 0.2) is 11.6 Å². The standard InChI is InChI=1S/C20H18BN7O4/c22-17(29)13-5-2-6-28-15(13)10-25-20(28)19-26-14(18(23)30)8-16(27-19)24-9-11-3-1-4-12(7-11)21(31)32/h1-8,10,31-32H,9H2,(H2,22,29)(H2,23,30)(H,24,26,27). The summed E-state index contributed by atoms with van der Waals surface area (Å²) in [5.74, 6) is -0.640. The Morgan fingerprint density at radius 3 is 2.59 bits per heavy atom. The molecule has 7 N–H and O–H groups in total. The number of benzene rings is 1. The first-order valence-corrected chi connectivity index (χ1v) is 9.47. The monoisotopic (exact) mass is 431 g/mol. The summed E-state index contributed by atoms with van der Waals surface area (Å²) in [6.07, 6.45) is 3.14. The van der Waals surface area contributed by atoms with Gasteiger partial charge in [-0.15, -0.1) is 0 Å². The molecule has 11 nitrogen and oxygen atoms in total. The predicted octanol–water partition coefficient (Wildman–Crippen LogP) is -0.719. The van der Waals surface area contributed by atoms with Crippen molar-refractivity contribution in [2.75, 3.05) is 5.32 Å². The van der Waals surface area contributed by atoms with E-state index in [1.165, 1.54) is 12.3 Å². The Morgan fingerprint density at radius 2 is 1.88 bits per heavy atom. The maximum absolute atomic E-state index is 11.8. The van der Waals surface area contributed by atoms with E-state index in [1.54, 1.807) is 47.0 Å². The number of rotatable bonds is 7. The molecule has 12 heteroatoms. The quantitative estimate of drug-likeness (QED) is 0.238. The summed E-state index contributed by atoms with van der Waals surface area (Å²) in [6.45, 7) is 0.281. The number of pyridine rings is 1. The lowest BCUT2D eigenvalue weighted by atomic mass is 9.80. The Kier molecular flexibility index (Phi) is 5.54. The summed E-state index contributed by atoms with van der Waals surface area (Å²) in [5, 5.41) is 21.7. The predicted molar refractivity (Wildman–Crippen MR) is 117 cm³/mol. The van der Waals surface area contributed by atoms with Gasteiger partial charge in [-0.25, -0.2) is 15.0 Å². The van der Waals surface area contributed by atoms with E-state index in [4.69, 9.17) is 11.5 Å². The molecule has 160 valence electrons. The molecule has 0 atom stereocenters. The largest absolute Gasteiger partial charge is 0.488 e. The van der Waals surface area contributed by atoms with Gasteiger partial charge >= 0.3 is 7.12 Å². The van der Waals surface area contributed by atoms with Crippen LogP contribution in [-0.4, -0.2) is 48.3 Å². The number of carbonyl (C=O) groups excluding carboxylic acids is 2. The third-order valence-corrected chi connectivity index (χ3v) is 4.74. The highest BCUT2D eigenvalue weighted by atomic mass is 16.4. The van der Waals surface area contributed by atoms with E-state index in [0.29, 0.717) is 22.6 Å². The van der Waals surface area contributed by atoms with Gasteiger partial charge < -0.3 is 26.8 Å². The van der Waals surface area contributed by atoms with Crippen LogP contribution in [0.5, 0.6) is 0 Å². The molecular weight excluding hydrogens is 413 g/mol. The molecule has 0 fully saturated rings. The van der Waals surface area contributed by atoms with Gasteiger partial charge in [0.2, 0.25) is 0 Å². The molecule has 0 saturated heterocycles. The van der Waals surface area contributed by atoms with Gasteiger partial charge in [0.05, 0.1) is 17.3 Å². The molecule has 0 spiro atoms. The molecule has 0 bridgehead atoms. The highest BCUT2D eigenvalue weighted by Gasteiger charge is 2.17. The topological polar surface area (TPSA) is 182 Å². The summed E-state index contributed by atoms with van der Waals surface area (Å²) >= 11 is 0. The summed E-state index contributed by atoms with van der Waals surface area (Å²) in [6, 6.07) is 11.3. The minimum atomic E-state index is -1.58. The Bertz CT molecular complexity index is 1340. The van der Waals surface area contributed by atoms with Gasteiger partial charge in [-0.05, 0) is 23.2 Å². The number of fused-ring (bicyclic) bond motifs is 1. The molecule has 32 heavy (non-hydrogen) atoms. The molecule has 0 saturated carbocycles. The van der Waals surface area contributed by atoms with Crippen LogP contribution >= 0.6 is 0 Å². The second-order valence-electron chi connectivity index (χ2n) is 6.92. The molecule has 4 aromatic rings. The normalized spacial score (nSPS) is 10.8. The number of nitrogens with zero attached hydrogens (tertiary/aromatic N) is 4. The number of imidazole rings is 1. The van der Waals surface area contributed by atoms with Gasteiger partial charge in [-0.1, -0.05) is 24.3 Å². The molecule has 0 aliphatic carbocycles. The van der Waals surface area contributed by atoms with Crippen LogP contribution in [0.2, 0.25) is 0 Å². The van der Waals surface area contributed by atoms with Crippen molar-refractivity contribution in [2.45, 2.75) is 6.54 Å². The number of aromatic nitrogens is 4. The van der Waals surface area contributed by atoms with Gasteiger partial charge in [0.25, 0.3) is 11.8 Å². The number of nitrogens with two attached hydrogens (primary N) is 2. The van der Waals surface area contributed by atoms with E-state index in [2.05, 4.69) is 20.3 Å². The van der Waals surface area contributed by atoms with Crippen molar-refractivity contribution in [3.63, 3.8) is 0 Å². The Labute approximate surface area is 181 Å². The highest BCUT2D eigenvalue weighted by Crippen LogP contribution is 2.21. The fourth-order valence-electron chi connectivity index (χ4n) is 3.22. The number of amides is 2. The summed E-state index contributed by atoms with van der Waals surface area (Å²) in [7, 11) is -1.58. The number of primary amides is 2. The Balaban J connectivity index is 1.71. The van der Waals surface area contributed by atoms with Crippen LogP contribution in [0.3, 0.4) is 0 Å². The Morgan fingerprint density at radius 1 is 1.06 bits per heavy atom. The molecule has 2 amide bonds. The molecule has 3 heterocycles. The lowest BCUT2D eigenvalue weighted by Gasteiger charge is -2.10. The van der Waals surface area contributed by atoms with Crippen molar-refractivity contribution in [1.29, 1.82) is 0 Å². The van der Waals surface area contributed by atoms with Crippen LogP contribution in [0.4, 0.5) is 5.82 Å². The first kappa shape index (κ1) is 21.0. The minimum Gasteiger partial charge on any atom is -0.423 e. The molecule has 0 aliphatic rings. The van der Waals surface area contributed by atoms with Crippen LogP contribution < -0.4 is 22.2 Å². The third kappa shape index (κ3) is 4.12. The zero-order valence-corrected chi connectivity index (χ0v) is 16.6. The van der Waals surface area contributed by atoms with E-state index in [9.17, 15) is 19.6 Å². The molecule has 0 unspecified atom stereocenters. The zero-order valence-electron chi connectivity index (χ0n) is 16.6. The number of hydrogen-bond donors (Lipinski definition) is 5. The summed E-state index contributed by atoms with van der Waals surface area (Å²) in [4.78, 5) is 36.5. The van der Waals surface area contributed by atoms with Gasteiger partial charge in [0, 0.05) is 18.8 Å². The first-order valence-electron chi connectivity index (χ1n) is 9.47. The average Bonchev–Trinajstić information content (AvgIpc) is 3.21. The third-order valence-electron chi connectivity index (χ3n) is 4.74. The average molecular weight is 431 g/mol. The second kappa shape index (κ2) is 8.45. The van der Waals surface area contributed by atoms with Gasteiger partial charge in [0.1, 0.15) is 11.5 Å². The van der Waals surface area contributed by atoms with Crippen LogP contribution in [0.25, 0.3) is 17.2 Å². The fourth-order valence-corrected chi connectivity index (χ4v) is 3.22. The Hall–Kier alpha value is -4.29. The lowest BCUT2D eigenvalue weighted by Crippen LogP contribution is -2.30. The van der Waals surface area contributed by atoms with Crippen molar-refractivity contribution >= 4 is 35.7 Å².